The minimum absolute atomic E-state index is 0.0101. The number of benzene rings is 2. The Balaban J connectivity index is 2.08. The Hall–Kier alpha value is -2.34. The smallest absolute Gasteiger partial charge is 0.233 e. The fourth-order valence-corrected chi connectivity index (χ4v) is 4.04. The summed E-state index contributed by atoms with van der Waals surface area (Å²) in [7, 11) is 4.77. The van der Waals surface area contributed by atoms with E-state index < -0.39 is 0 Å². The SMILES string of the molecule is COc1cc(OC)c(CNC(=O)C(SCc2ccccc2)C(C)C)c(OC)c1. The van der Waals surface area contributed by atoms with E-state index in [0.717, 1.165) is 11.3 Å². The molecule has 0 aliphatic rings. The van der Waals surface area contributed by atoms with Crippen molar-refractivity contribution in [1.82, 2.24) is 5.32 Å². The molecule has 0 bridgehead atoms. The quantitative estimate of drug-likeness (QED) is 0.641. The van der Waals surface area contributed by atoms with Crippen LogP contribution in [0.4, 0.5) is 0 Å². The predicted octanol–water partition coefficient (Wildman–Crippen LogP) is 4.29. The number of carbonyl (C=O) groups is 1. The molecule has 0 heterocycles. The number of hydrogen-bond acceptors (Lipinski definition) is 5. The van der Waals surface area contributed by atoms with Gasteiger partial charge in [0, 0.05) is 17.9 Å². The molecule has 0 aliphatic carbocycles. The number of carbonyl (C=O) groups excluding carboxylic acids is 1. The van der Waals surface area contributed by atoms with Crippen LogP contribution in [0.15, 0.2) is 42.5 Å². The van der Waals surface area contributed by atoms with Crippen molar-refractivity contribution >= 4 is 17.7 Å². The van der Waals surface area contributed by atoms with E-state index in [2.05, 4.69) is 31.3 Å². The highest BCUT2D eigenvalue weighted by atomic mass is 32.2. The Bertz CT molecular complexity index is 739. The summed E-state index contributed by atoms with van der Waals surface area (Å²) in [5.41, 5.74) is 2.00. The molecule has 2 aromatic rings. The second-order valence-electron chi connectivity index (χ2n) is 6.69. The molecule has 2 rings (SSSR count). The van der Waals surface area contributed by atoms with Crippen molar-refractivity contribution in [3.63, 3.8) is 0 Å². The number of methoxy groups -OCH3 is 3. The van der Waals surface area contributed by atoms with Crippen molar-refractivity contribution in [2.45, 2.75) is 31.4 Å². The number of rotatable bonds is 10. The Kier molecular flexibility index (Phi) is 8.51. The largest absolute Gasteiger partial charge is 0.496 e. The van der Waals surface area contributed by atoms with E-state index in [9.17, 15) is 4.79 Å². The van der Waals surface area contributed by atoms with Crippen LogP contribution in [0.1, 0.15) is 25.0 Å². The van der Waals surface area contributed by atoms with E-state index in [1.54, 1.807) is 45.2 Å². The standard InChI is InChI=1S/C22H29NO4S/c1-15(2)21(28-14-16-9-7-6-8-10-16)22(24)23-13-18-19(26-4)11-17(25-3)12-20(18)27-5/h6-12,15,21H,13-14H2,1-5H3,(H,23,24). The maximum Gasteiger partial charge on any atom is 0.233 e. The third-order valence-corrected chi connectivity index (χ3v) is 6.01. The van der Waals surface area contributed by atoms with Gasteiger partial charge in [-0.2, -0.15) is 0 Å². The van der Waals surface area contributed by atoms with Gasteiger partial charge in [0.1, 0.15) is 17.2 Å². The number of amides is 1. The zero-order chi connectivity index (χ0) is 20.5. The van der Waals surface area contributed by atoms with E-state index in [4.69, 9.17) is 14.2 Å². The van der Waals surface area contributed by atoms with Gasteiger partial charge in [0.05, 0.1) is 38.7 Å². The molecule has 1 amide bonds. The zero-order valence-corrected chi connectivity index (χ0v) is 18.0. The maximum atomic E-state index is 12.9. The van der Waals surface area contributed by atoms with E-state index in [1.165, 1.54) is 5.56 Å². The minimum Gasteiger partial charge on any atom is -0.496 e. The average Bonchev–Trinajstić information content (AvgIpc) is 2.72. The highest BCUT2D eigenvalue weighted by Crippen LogP contribution is 2.34. The summed E-state index contributed by atoms with van der Waals surface area (Å²) in [4.78, 5) is 12.9. The fraction of sp³-hybridized carbons (Fsp3) is 0.409. The van der Waals surface area contributed by atoms with Crippen LogP contribution in [0.25, 0.3) is 0 Å². The first-order chi connectivity index (χ1) is 13.5. The minimum atomic E-state index is -0.143. The number of nitrogens with one attached hydrogen (secondary N) is 1. The third kappa shape index (κ3) is 5.83. The van der Waals surface area contributed by atoms with Crippen molar-refractivity contribution in [1.29, 1.82) is 0 Å². The van der Waals surface area contributed by atoms with Crippen molar-refractivity contribution in [3.05, 3.63) is 53.6 Å². The van der Waals surface area contributed by atoms with E-state index >= 15 is 0 Å². The second kappa shape index (κ2) is 10.9. The lowest BCUT2D eigenvalue weighted by atomic mass is 10.1. The summed E-state index contributed by atoms with van der Waals surface area (Å²) in [5.74, 6) is 2.90. The molecular formula is C22H29NO4S. The molecule has 0 radical (unpaired) electrons. The van der Waals surface area contributed by atoms with Crippen molar-refractivity contribution in [2.24, 2.45) is 5.92 Å². The molecule has 5 nitrogen and oxygen atoms in total. The molecule has 0 aromatic heterocycles. The third-order valence-electron chi connectivity index (χ3n) is 4.39. The van der Waals surface area contributed by atoms with Crippen LogP contribution in [0.3, 0.4) is 0 Å². The summed E-state index contributed by atoms with van der Waals surface area (Å²) in [6.45, 7) is 4.46. The van der Waals surface area contributed by atoms with Gasteiger partial charge < -0.3 is 19.5 Å². The summed E-state index contributed by atoms with van der Waals surface area (Å²) in [5, 5.41) is 2.90. The molecule has 152 valence electrons. The Morgan fingerprint density at radius 1 is 1.00 bits per heavy atom. The monoisotopic (exact) mass is 403 g/mol. The van der Waals surface area contributed by atoms with Gasteiger partial charge in [0.15, 0.2) is 0 Å². The Morgan fingerprint density at radius 3 is 2.11 bits per heavy atom. The molecule has 1 N–H and O–H groups in total. The Labute approximate surface area is 171 Å². The van der Waals surface area contributed by atoms with Crippen molar-refractivity contribution in [2.75, 3.05) is 21.3 Å². The number of thioether (sulfide) groups is 1. The van der Waals surface area contributed by atoms with Gasteiger partial charge in [0.25, 0.3) is 0 Å². The molecular weight excluding hydrogens is 374 g/mol. The number of ether oxygens (including phenoxy) is 3. The van der Waals surface area contributed by atoms with Crippen LogP contribution in [0.5, 0.6) is 17.2 Å². The topological polar surface area (TPSA) is 56.8 Å². The van der Waals surface area contributed by atoms with Gasteiger partial charge in [-0.25, -0.2) is 0 Å². The highest BCUT2D eigenvalue weighted by molar-refractivity contribution is 7.99. The van der Waals surface area contributed by atoms with E-state index in [1.807, 2.05) is 18.2 Å². The van der Waals surface area contributed by atoms with Crippen LogP contribution in [0, 0.1) is 5.92 Å². The van der Waals surface area contributed by atoms with E-state index in [-0.39, 0.29) is 17.1 Å². The molecule has 6 heteroatoms. The molecule has 0 spiro atoms. The average molecular weight is 404 g/mol. The van der Waals surface area contributed by atoms with Crippen LogP contribution < -0.4 is 19.5 Å². The molecule has 1 atom stereocenters. The van der Waals surface area contributed by atoms with Crippen molar-refractivity contribution < 1.29 is 19.0 Å². The molecule has 0 aliphatic heterocycles. The highest BCUT2D eigenvalue weighted by Gasteiger charge is 2.23. The Morgan fingerprint density at radius 2 is 1.61 bits per heavy atom. The van der Waals surface area contributed by atoms with E-state index in [0.29, 0.717) is 23.8 Å². The van der Waals surface area contributed by atoms with Crippen molar-refractivity contribution in [3.8, 4) is 17.2 Å². The first-order valence-corrected chi connectivity index (χ1v) is 10.3. The second-order valence-corrected chi connectivity index (χ2v) is 7.82. The molecule has 0 saturated carbocycles. The van der Waals surface area contributed by atoms with Crippen LogP contribution in [-0.4, -0.2) is 32.5 Å². The molecule has 0 fully saturated rings. The van der Waals surface area contributed by atoms with Gasteiger partial charge in [-0.15, -0.1) is 11.8 Å². The molecule has 2 aromatic carbocycles. The van der Waals surface area contributed by atoms with Crippen LogP contribution >= 0.6 is 11.8 Å². The van der Waals surface area contributed by atoms with Gasteiger partial charge in [-0.3, -0.25) is 4.79 Å². The summed E-state index contributed by atoms with van der Waals surface area (Å²) in [6.07, 6.45) is 0. The van der Waals surface area contributed by atoms with Gasteiger partial charge >= 0.3 is 0 Å². The molecule has 0 saturated heterocycles. The maximum absolute atomic E-state index is 12.9. The molecule has 28 heavy (non-hydrogen) atoms. The lowest BCUT2D eigenvalue weighted by Gasteiger charge is -2.21. The van der Waals surface area contributed by atoms with Gasteiger partial charge in [-0.05, 0) is 11.5 Å². The first kappa shape index (κ1) is 22.0. The van der Waals surface area contributed by atoms with Crippen LogP contribution in [-0.2, 0) is 17.1 Å². The number of hydrogen-bond donors (Lipinski definition) is 1. The lowest BCUT2D eigenvalue weighted by Crippen LogP contribution is -2.35. The van der Waals surface area contributed by atoms with Gasteiger partial charge in [0.2, 0.25) is 5.91 Å². The fourth-order valence-electron chi connectivity index (χ4n) is 2.86. The summed E-state index contributed by atoms with van der Waals surface area (Å²) < 4.78 is 16.2. The first-order valence-electron chi connectivity index (χ1n) is 9.22. The lowest BCUT2D eigenvalue weighted by molar-refractivity contribution is -0.121. The zero-order valence-electron chi connectivity index (χ0n) is 17.2. The normalized spacial score (nSPS) is 11.8. The summed E-state index contributed by atoms with van der Waals surface area (Å²) in [6, 6.07) is 13.8. The van der Waals surface area contributed by atoms with Gasteiger partial charge in [-0.1, -0.05) is 44.2 Å². The predicted molar refractivity (Wildman–Crippen MR) is 114 cm³/mol. The van der Waals surface area contributed by atoms with Crippen LogP contribution in [0.2, 0.25) is 0 Å². The molecule has 1 unspecified atom stereocenters. The summed E-state index contributed by atoms with van der Waals surface area (Å²) >= 11 is 1.66.